The molecule has 0 radical (unpaired) electrons. The summed E-state index contributed by atoms with van der Waals surface area (Å²) >= 11 is 5.83. The normalized spacial score (nSPS) is 12.5. The van der Waals surface area contributed by atoms with Crippen molar-refractivity contribution in [2.75, 3.05) is 6.54 Å². The SMILES string of the molecule is CCN(C(C)C)S(=O)(=O)c1ccc2nc(Cl)ccc2c1. The van der Waals surface area contributed by atoms with Gasteiger partial charge >= 0.3 is 0 Å². The van der Waals surface area contributed by atoms with Crippen LogP contribution in [0.3, 0.4) is 0 Å². The minimum Gasteiger partial charge on any atom is -0.236 e. The molecular weight excluding hydrogens is 296 g/mol. The quantitative estimate of drug-likeness (QED) is 0.814. The van der Waals surface area contributed by atoms with Gasteiger partial charge in [0.1, 0.15) is 5.15 Å². The molecule has 0 aliphatic carbocycles. The molecule has 1 aromatic heterocycles. The van der Waals surface area contributed by atoms with Crippen molar-refractivity contribution >= 4 is 32.5 Å². The fourth-order valence-corrected chi connectivity index (χ4v) is 4.02. The first-order valence-corrected chi connectivity index (χ1v) is 8.26. The van der Waals surface area contributed by atoms with Crippen molar-refractivity contribution in [2.24, 2.45) is 0 Å². The zero-order valence-corrected chi connectivity index (χ0v) is 13.2. The maximum atomic E-state index is 12.6. The molecule has 1 aromatic carbocycles. The van der Waals surface area contributed by atoms with Crippen LogP contribution in [0.1, 0.15) is 20.8 Å². The van der Waals surface area contributed by atoms with Crippen molar-refractivity contribution in [3.8, 4) is 0 Å². The van der Waals surface area contributed by atoms with Gasteiger partial charge in [0.05, 0.1) is 10.4 Å². The molecule has 0 aliphatic rings. The van der Waals surface area contributed by atoms with E-state index in [1.807, 2.05) is 20.8 Å². The van der Waals surface area contributed by atoms with Crippen LogP contribution in [0.5, 0.6) is 0 Å². The van der Waals surface area contributed by atoms with Crippen LogP contribution in [0.4, 0.5) is 0 Å². The largest absolute Gasteiger partial charge is 0.243 e. The Kier molecular flexibility index (Phi) is 4.32. The van der Waals surface area contributed by atoms with Crippen molar-refractivity contribution in [3.05, 3.63) is 35.5 Å². The van der Waals surface area contributed by atoms with Crippen LogP contribution in [0.25, 0.3) is 10.9 Å². The minimum absolute atomic E-state index is 0.0796. The lowest BCUT2D eigenvalue weighted by Crippen LogP contribution is -2.36. The molecule has 0 fully saturated rings. The first-order valence-electron chi connectivity index (χ1n) is 6.44. The summed E-state index contributed by atoms with van der Waals surface area (Å²) in [5, 5.41) is 1.15. The molecule has 0 aliphatic heterocycles. The van der Waals surface area contributed by atoms with Gasteiger partial charge in [-0.05, 0) is 44.2 Å². The molecule has 108 valence electrons. The van der Waals surface area contributed by atoms with E-state index in [1.54, 1.807) is 30.3 Å². The van der Waals surface area contributed by atoms with Crippen molar-refractivity contribution in [3.63, 3.8) is 0 Å². The van der Waals surface area contributed by atoms with E-state index in [2.05, 4.69) is 4.98 Å². The van der Waals surface area contributed by atoms with Crippen LogP contribution in [0, 0.1) is 0 Å². The van der Waals surface area contributed by atoms with E-state index in [-0.39, 0.29) is 10.9 Å². The Morgan fingerprint density at radius 3 is 2.55 bits per heavy atom. The molecule has 20 heavy (non-hydrogen) atoms. The summed E-state index contributed by atoms with van der Waals surface area (Å²) in [6.07, 6.45) is 0. The third-order valence-corrected chi connectivity index (χ3v) is 5.48. The highest BCUT2D eigenvalue weighted by Gasteiger charge is 2.25. The van der Waals surface area contributed by atoms with Gasteiger partial charge < -0.3 is 0 Å². The predicted octanol–water partition coefficient (Wildman–Crippen LogP) is 3.31. The van der Waals surface area contributed by atoms with Crippen molar-refractivity contribution in [1.29, 1.82) is 0 Å². The second-order valence-corrected chi connectivity index (χ2v) is 7.07. The topological polar surface area (TPSA) is 50.3 Å². The molecular formula is C14H17ClN2O2S. The van der Waals surface area contributed by atoms with E-state index >= 15 is 0 Å². The van der Waals surface area contributed by atoms with Crippen molar-refractivity contribution < 1.29 is 8.42 Å². The first-order chi connectivity index (χ1) is 9.36. The number of aromatic nitrogens is 1. The molecule has 0 spiro atoms. The molecule has 2 aromatic rings. The maximum absolute atomic E-state index is 12.6. The number of hydrogen-bond acceptors (Lipinski definition) is 3. The lowest BCUT2D eigenvalue weighted by atomic mass is 10.2. The van der Waals surface area contributed by atoms with E-state index in [0.717, 1.165) is 5.39 Å². The highest BCUT2D eigenvalue weighted by molar-refractivity contribution is 7.89. The fourth-order valence-electron chi connectivity index (χ4n) is 2.19. The smallest absolute Gasteiger partial charge is 0.236 e. The minimum atomic E-state index is -3.48. The monoisotopic (exact) mass is 312 g/mol. The van der Waals surface area contributed by atoms with E-state index in [9.17, 15) is 8.42 Å². The summed E-state index contributed by atoms with van der Waals surface area (Å²) in [4.78, 5) is 4.44. The fraction of sp³-hybridized carbons (Fsp3) is 0.357. The van der Waals surface area contributed by atoms with E-state index in [0.29, 0.717) is 17.2 Å². The highest BCUT2D eigenvalue weighted by atomic mass is 35.5. The second-order valence-electron chi connectivity index (χ2n) is 4.79. The van der Waals surface area contributed by atoms with Crippen LogP contribution in [-0.4, -0.2) is 30.3 Å². The lowest BCUT2D eigenvalue weighted by molar-refractivity contribution is 0.369. The molecule has 0 amide bonds. The maximum Gasteiger partial charge on any atom is 0.243 e. The van der Waals surface area contributed by atoms with E-state index < -0.39 is 10.0 Å². The number of nitrogens with zero attached hydrogens (tertiary/aromatic N) is 2. The average Bonchev–Trinajstić information content (AvgIpc) is 2.37. The summed E-state index contributed by atoms with van der Waals surface area (Å²) in [6.45, 7) is 6.00. The molecule has 6 heteroatoms. The molecule has 0 saturated heterocycles. The van der Waals surface area contributed by atoms with Crippen LogP contribution in [0.2, 0.25) is 5.15 Å². The number of benzene rings is 1. The zero-order valence-electron chi connectivity index (χ0n) is 11.7. The molecule has 2 rings (SSSR count). The van der Waals surface area contributed by atoms with Crippen molar-refractivity contribution in [1.82, 2.24) is 9.29 Å². The molecule has 1 heterocycles. The standard InChI is InChI=1S/C14H17ClN2O2S/c1-4-17(10(2)3)20(18,19)12-6-7-13-11(9-12)5-8-14(15)16-13/h5-10H,4H2,1-3H3. The van der Waals surface area contributed by atoms with Gasteiger partial charge in [-0.3, -0.25) is 0 Å². The third kappa shape index (κ3) is 2.80. The lowest BCUT2D eigenvalue weighted by Gasteiger charge is -2.24. The molecule has 0 bridgehead atoms. The van der Waals surface area contributed by atoms with Gasteiger partial charge in [-0.2, -0.15) is 4.31 Å². The average molecular weight is 313 g/mol. The van der Waals surface area contributed by atoms with E-state index in [4.69, 9.17) is 11.6 Å². The Balaban J connectivity index is 2.55. The molecule has 0 saturated carbocycles. The Labute approximate surface area is 124 Å². The number of fused-ring (bicyclic) bond motifs is 1. The number of hydrogen-bond donors (Lipinski definition) is 0. The second kappa shape index (κ2) is 5.68. The molecule has 0 atom stereocenters. The number of rotatable bonds is 4. The molecule has 4 nitrogen and oxygen atoms in total. The highest BCUT2D eigenvalue weighted by Crippen LogP contribution is 2.23. The first kappa shape index (κ1) is 15.2. The van der Waals surface area contributed by atoms with Gasteiger partial charge in [0.25, 0.3) is 0 Å². The summed E-state index contributed by atoms with van der Waals surface area (Å²) in [5.41, 5.74) is 0.684. The van der Waals surface area contributed by atoms with Gasteiger partial charge in [0.2, 0.25) is 10.0 Å². The summed E-state index contributed by atoms with van der Waals surface area (Å²) < 4.78 is 26.7. The number of sulfonamides is 1. The van der Waals surface area contributed by atoms with Crippen LogP contribution in [0.15, 0.2) is 35.2 Å². The van der Waals surface area contributed by atoms with Crippen molar-refractivity contribution in [2.45, 2.75) is 31.7 Å². The predicted molar refractivity (Wildman–Crippen MR) is 81.5 cm³/mol. The van der Waals surface area contributed by atoms with E-state index in [1.165, 1.54) is 4.31 Å². The summed E-state index contributed by atoms with van der Waals surface area (Å²) in [5.74, 6) is 0. The summed E-state index contributed by atoms with van der Waals surface area (Å²) in [7, 11) is -3.48. The third-order valence-electron chi connectivity index (χ3n) is 3.12. The summed E-state index contributed by atoms with van der Waals surface area (Å²) in [6, 6.07) is 8.24. The Morgan fingerprint density at radius 1 is 1.25 bits per heavy atom. The van der Waals surface area contributed by atoms with Crippen LogP contribution < -0.4 is 0 Å². The molecule has 0 unspecified atom stereocenters. The zero-order chi connectivity index (χ0) is 14.9. The van der Waals surface area contributed by atoms with Crippen LogP contribution in [-0.2, 0) is 10.0 Å². The van der Waals surface area contributed by atoms with Crippen LogP contribution >= 0.6 is 11.6 Å². The Hall–Kier alpha value is -1.17. The van der Waals surface area contributed by atoms with Gasteiger partial charge in [-0.25, -0.2) is 13.4 Å². The number of pyridine rings is 1. The Bertz CT molecular complexity index is 729. The number of halogens is 1. The van der Waals surface area contributed by atoms with Gasteiger partial charge in [-0.15, -0.1) is 0 Å². The molecule has 0 N–H and O–H groups in total. The Morgan fingerprint density at radius 2 is 1.95 bits per heavy atom. The van der Waals surface area contributed by atoms with Gasteiger partial charge in [0.15, 0.2) is 0 Å². The van der Waals surface area contributed by atoms with Gasteiger partial charge in [0, 0.05) is 18.0 Å². The van der Waals surface area contributed by atoms with Gasteiger partial charge in [-0.1, -0.05) is 18.5 Å².